The fourth-order valence-corrected chi connectivity index (χ4v) is 2.26. The monoisotopic (exact) mass is 356 g/mol. The molecular formula is C14H14BrFN2O3. The number of hydrogen-bond acceptors (Lipinski definition) is 5. The number of nitrogens with zero attached hydrogens (tertiary/aromatic N) is 2. The summed E-state index contributed by atoms with van der Waals surface area (Å²) in [5, 5.41) is 3.81. The van der Waals surface area contributed by atoms with Crippen LogP contribution in [-0.2, 0) is 9.53 Å². The van der Waals surface area contributed by atoms with Crippen LogP contribution in [0, 0.1) is 5.82 Å². The normalized spacial score (nSPS) is 12.2. The molecular weight excluding hydrogens is 343 g/mol. The molecule has 2 aromatic rings. The van der Waals surface area contributed by atoms with Gasteiger partial charge >= 0.3 is 5.97 Å². The summed E-state index contributed by atoms with van der Waals surface area (Å²) in [6, 6.07) is 4.18. The largest absolute Gasteiger partial charge is 0.465 e. The number of ether oxygens (including phenoxy) is 1. The minimum atomic E-state index is -0.612. The minimum Gasteiger partial charge on any atom is -0.465 e. The highest BCUT2D eigenvalue weighted by Crippen LogP contribution is 2.29. The molecule has 7 heteroatoms. The van der Waals surface area contributed by atoms with E-state index >= 15 is 0 Å². The average Bonchev–Trinajstić information content (AvgIpc) is 2.92. The number of benzene rings is 1. The molecule has 2 rings (SSSR count). The number of rotatable bonds is 5. The molecule has 1 unspecified atom stereocenters. The van der Waals surface area contributed by atoms with E-state index in [0.717, 1.165) is 0 Å². The number of hydrogen-bond donors (Lipinski definition) is 0. The molecule has 1 atom stereocenters. The van der Waals surface area contributed by atoms with Gasteiger partial charge in [0.2, 0.25) is 11.7 Å². The van der Waals surface area contributed by atoms with Crippen molar-refractivity contribution in [1.82, 2.24) is 10.1 Å². The van der Waals surface area contributed by atoms with Gasteiger partial charge in [-0.2, -0.15) is 4.98 Å². The molecule has 0 fully saturated rings. The molecule has 0 aliphatic heterocycles. The topological polar surface area (TPSA) is 65.2 Å². The van der Waals surface area contributed by atoms with Crippen LogP contribution in [0.15, 0.2) is 27.2 Å². The second-order valence-electron chi connectivity index (χ2n) is 4.29. The third kappa shape index (κ3) is 3.47. The first-order valence-corrected chi connectivity index (χ1v) is 7.31. The molecule has 0 amide bonds. The molecule has 21 heavy (non-hydrogen) atoms. The molecule has 0 saturated heterocycles. The number of carbonyl (C=O) groups excluding carboxylic acids is 1. The van der Waals surface area contributed by atoms with E-state index in [0.29, 0.717) is 16.5 Å². The molecule has 112 valence electrons. The highest BCUT2D eigenvalue weighted by atomic mass is 79.9. The summed E-state index contributed by atoms with van der Waals surface area (Å²) in [5.74, 6) is -1.04. The number of halogens is 2. The molecule has 0 spiro atoms. The Kier molecular flexibility index (Phi) is 5.06. The molecule has 1 aromatic heterocycles. The van der Waals surface area contributed by atoms with Crippen LogP contribution in [0.1, 0.15) is 32.1 Å². The third-order valence-corrected chi connectivity index (χ3v) is 3.58. The van der Waals surface area contributed by atoms with Crippen LogP contribution < -0.4 is 0 Å². The maximum absolute atomic E-state index is 13.3. The standard InChI is InChI=1S/C14H14BrFN2O3/c1-3-9(14(19)20-4-2)13-17-12(18-21-13)10-7-8(16)5-6-11(10)15/h5-7,9H,3-4H2,1-2H3. The fourth-order valence-electron chi connectivity index (χ4n) is 1.84. The van der Waals surface area contributed by atoms with Crippen molar-refractivity contribution >= 4 is 21.9 Å². The highest BCUT2D eigenvalue weighted by Gasteiger charge is 2.27. The van der Waals surface area contributed by atoms with Gasteiger partial charge in [-0.05, 0) is 31.5 Å². The molecule has 0 radical (unpaired) electrons. The van der Waals surface area contributed by atoms with Crippen molar-refractivity contribution in [3.63, 3.8) is 0 Å². The smallest absolute Gasteiger partial charge is 0.318 e. The summed E-state index contributed by atoms with van der Waals surface area (Å²) < 4.78 is 24.1. The van der Waals surface area contributed by atoms with Gasteiger partial charge in [-0.15, -0.1) is 0 Å². The van der Waals surface area contributed by atoms with Gasteiger partial charge in [-0.3, -0.25) is 4.79 Å². The minimum absolute atomic E-state index is 0.169. The second kappa shape index (κ2) is 6.80. The van der Waals surface area contributed by atoms with E-state index in [2.05, 4.69) is 26.1 Å². The van der Waals surface area contributed by atoms with Crippen molar-refractivity contribution in [2.45, 2.75) is 26.2 Å². The first-order chi connectivity index (χ1) is 10.1. The van der Waals surface area contributed by atoms with E-state index in [1.54, 1.807) is 13.0 Å². The van der Waals surface area contributed by atoms with E-state index in [4.69, 9.17) is 9.26 Å². The lowest BCUT2D eigenvalue weighted by molar-refractivity contribution is -0.145. The van der Waals surface area contributed by atoms with Gasteiger partial charge < -0.3 is 9.26 Å². The van der Waals surface area contributed by atoms with Gasteiger partial charge in [0.25, 0.3) is 0 Å². The van der Waals surface area contributed by atoms with Crippen molar-refractivity contribution < 1.29 is 18.4 Å². The zero-order chi connectivity index (χ0) is 15.4. The first-order valence-electron chi connectivity index (χ1n) is 6.52. The summed E-state index contributed by atoms with van der Waals surface area (Å²) in [7, 11) is 0. The van der Waals surface area contributed by atoms with Crippen molar-refractivity contribution in [2.75, 3.05) is 6.61 Å². The summed E-state index contributed by atoms with van der Waals surface area (Å²) in [4.78, 5) is 16.0. The molecule has 1 aromatic carbocycles. The summed E-state index contributed by atoms with van der Waals surface area (Å²) >= 11 is 3.30. The number of esters is 1. The maximum atomic E-state index is 13.3. The predicted octanol–water partition coefficient (Wildman–Crippen LogP) is 3.69. The van der Waals surface area contributed by atoms with Gasteiger partial charge in [0.15, 0.2) is 0 Å². The Bertz CT molecular complexity index is 645. The summed E-state index contributed by atoms with van der Waals surface area (Å²) in [6.07, 6.45) is 0.477. The van der Waals surface area contributed by atoms with E-state index < -0.39 is 17.7 Å². The van der Waals surface area contributed by atoms with Crippen molar-refractivity contribution in [3.05, 3.63) is 34.4 Å². The highest BCUT2D eigenvalue weighted by molar-refractivity contribution is 9.10. The Hall–Kier alpha value is -1.76. The molecule has 0 saturated carbocycles. The second-order valence-corrected chi connectivity index (χ2v) is 5.15. The Morgan fingerprint density at radius 1 is 1.48 bits per heavy atom. The number of aromatic nitrogens is 2. The molecule has 0 bridgehead atoms. The lowest BCUT2D eigenvalue weighted by Crippen LogP contribution is -2.15. The maximum Gasteiger partial charge on any atom is 0.318 e. The van der Waals surface area contributed by atoms with Crippen LogP contribution in [0.3, 0.4) is 0 Å². The average molecular weight is 357 g/mol. The van der Waals surface area contributed by atoms with Gasteiger partial charge in [0.05, 0.1) is 6.61 Å². The van der Waals surface area contributed by atoms with Crippen molar-refractivity contribution in [1.29, 1.82) is 0 Å². The van der Waals surface area contributed by atoms with E-state index in [9.17, 15) is 9.18 Å². The van der Waals surface area contributed by atoms with Crippen LogP contribution in [0.2, 0.25) is 0 Å². The SMILES string of the molecule is CCOC(=O)C(CC)c1nc(-c2cc(F)ccc2Br)no1. The third-order valence-electron chi connectivity index (χ3n) is 2.89. The Morgan fingerprint density at radius 3 is 2.90 bits per heavy atom. The van der Waals surface area contributed by atoms with Gasteiger partial charge in [-0.25, -0.2) is 4.39 Å². The van der Waals surface area contributed by atoms with Gasteiger partial charge in [-0.1, -0.05) is 28.0 Å². The zero-order valence-electron chi connectivity index (χ0n) is 11.6. The van der Waals surface area contributed by atoms with Gasteiger partial charge in [0.1, 0.15) is 11.7 Å². The van der Waals surface area contributed by atoms with Gasteiger partial charge in [0, 0.05) is 10.0 Å². The first kappa shape index (κ1) is 15.6. The van der Waals surface area contributed by atoms with Crippen LogP contribution in [-0.4, -0.2) is 22.7 Å². The number of carbonyl (C=O) groups is 1. The summed E-state index contributed by atoms with van der Waals surface area (Å²) in [5.41, 5.74) is 0.462. The molecule has 0 N–H and O–H groups in total. The van der Waals surface area contributed by atoms with Crippen LogP contribution in [0.5, 0.6) is 0 Å². The summed E-state index contributed by atoms with van der Waals surface area (Å²) in [6.45, 7) is 3.84. The lowest BCUT2D eigenvalue weighted by atomic mass is 10.1. The quantitative estimate of drug-likeness (QED) is 0.764. The van der Waals surface area contributed by atoms with Crippen LogP contribution >= 0.6 is 15.9 Å². The van der Waals surface area contributed by atoms with Crippen molar-refractivity contribution in [3.8, 4) is 11.4 Å². The zero-order valence-corrected chi connectivity index (χ0v) is 13.2. The van der Waals surface area contributed by atoms with E-state index in [1.807, 2.05) is 6.92 Å². The molecule has 5 nitrogen and oxygen atoms in total. The van der Waals surface area contributed by atoms with Crippen molar-refractivity contribution in [2.24, 2.45) is 0 Å². The Balaban J connectivity index is 2.32. The van der Waals surface area contributed by atoms with E-state index in [-0.39, 0.29) is 18.3 Å². The van der Waals surface area contributed by atoms with E-state index in [1.165, 1.54) is 12.1 Å². The molecule has 0 aliphatic carbocycles. The van der Waals surface area contributed by atoms with Crippen LogP contribution in [0.4, 0.5) is 4.39 Å². The lowest BCUT2D eigenvalue weighted by Gasteiger charge is -2.08. The Morgan fingerprint density at radius 2 is 2.24 bits per heavy atom. The Labute approximate surface area is 129 Å². The predicted molar refractivity (Wildman–Crippen MR) is 77.1 cm³/mol. The molecule has 0 aliphatic rings. The molecule has 1 heterocycles. The fraction of sp³-hybridized carbons (Fsp3) is 0.357. The van der Waals surface area contributed by atoms with Crippen LogP contribution in [0.25, 0.3) is 11.4 Å².